The van der Waals surface area contributed by atoms with Crippen LogP contribution in [0.15, 0.2) is 54.6 Å². The van der Waals surface area contributed by atoms with E-state index in [0.29, 0.717) is 10.9 Å². The zero-order valence-corrected chi connectivity index (χ0v) is 14.7. The first kappa shape index (κ1) is 17.2. The molecule has 1 aliphatic heterocycles. The van der Waals surface area contributed by atoms with Gasteiger partial charge in [0.25, 0.3) is 0 Å². The average Bonchev–Trinajstić information content (AvgIpc) is 2.63. The summed E-state index contributed by atoms with van der Waals surface area (Å²) in [6.45, 7) is 1.99. The standard InChI is InChI=1S/C21H24ClNO/c22-20-12-10-19(11-13-20)21(16-24)23-14-4-7-18(15-23)9-8-17-5-2-1-3-6-17/h1-3,5-6,10-13,16,18,21H,4,7-9,14-15H2/t18?,21-/m1/s1. The van der Waals surface area contributed by atoms with E-state index in [-0.39, 0.29) is 6.04 Å². The number of aryl methyl sites for hydroxylation is 1. The fraction of sp³-hybridized carbons (Fsp3) is 0.381. The van der Waals surface area contributed by atoms with E-state index < -0.39 is 0 Å². The minimum atomic E-state index is -0.151. The molecule has 24 heavy (non-hydrogen) atoms. The van der Waals surface area contributed by atoms with Gasteiger partial charge in [-0.25, -0.2) is 0 Å². The van der Waals surface area contributed by atoms with Crippen LogP contribution in [0.5, 0.6) is 0 Å². The molecule has 0 saturated carbocycles. The van der Waals surface area contributed by atoms with Crippen molar-refractivity contribution in [3.05, 3.63) is 70.7 Å². The molecule has 2 atom stereocenters. The lowest BCUT2D eigenvalue weighted by Crippen LogP contribution is -2.39. The monoisotopic (exact) mass is 341 g/mol. The molecular formula is C21H24ClNO. The molecule has 0 aliphatic carbocycles. The van der Waals surface area contributed by atoms with Gasteiger partial charge >= 0.3 is 0 Å². The van der Waals surface area contributed by atoms with E-state index in [1.54, 1.807) is 0 Å². The van der Waals surface area contributed by atoms with E-state index in [1.165, 1.54) is 18.4 Å². The van der Waals surface area contributed by atoms with Crippen LogP contribution in [0.4, 0.5) is 0 Å². The van der Waals surface area contributed by atoms with Crippen LogP contribution in [0, 0.1) is 5.92 Å². The highest BCUT2D eigenvalue weighted by atomic mass is 35.5. The minimum absolute atomic E-state index is 0.151. The molecule has 0 amide bonds. The van der Waals surface area contributed by atoms with Gasteiger partial charge in [-0.2, -0.15) is 0 Å². The third-order valence-corrected chi connectivity index (χ3v) is 5.22. The number of rotatable bonds is 6. The van der Waals surface area contributed by atoms with Crippen molar-refractivity contribution < 1.29 is 4.79 Å². The molecule has 1 saturated heterocycles. The van der Waals surface area contributed by atoms with Gasteiger partial charge < -0.3 is 4.79 Å². The Balaban J connectivity index is 1.61. The van der Waals surface area contributed by atoms with Crippen molar-refractivity contribution >= 4 is 17.9 Å². The quantitative estimate of drug-likeness (QED) is 0.695. The fourth-order valence-corrected chi connectivity index (χ4v) is 3.76. The van der Waals surface area contributed by atoms with E-state index in [9.17, 15) is 4.79 Å². The highest BCUT2D eigenvalue weighted by Gasteiger charge is 2.26. The number of carbonyl (C=O) groups excluding carboxylic acids is 1. The molecule has 2 nitrogen and oxygen atoms in total. The zero-order chi connectivity index (χ0) is 16.8. The number of hydrogen-bond acceptors (Lipinski definition) is 2. The summed E-state index contributed by atoms with van der Waals surface area (Å²) in [6.07, 6.45) is 5.80. The predicted octanol–water partition coefficient (Wildman–Crippen LogP) is 4.92. The molecule has 1 fully saturated rings. The number of piperidine rings is 1. The summed E-state index contributed by atoms with van der Waals surface area (Å²) in [5.41, 5.74) is 2.44. The Labute approximate surface area is 149 Å². The summed E-state index contributed by atoms with van der Waals surface area (Å²) in [7, 11) is 0. The molecule has 0 bridgehead atoms. The summed E-state index contributed by atoms with van der Waals surface area (Å²) in [5.74, 6) is 0.661. The molecule has 1 heterocycles. The van der Waals surface area contributed by atoms with Gasteiger partial charge in [0, 0.05) is 11.6 Å². The Kier molecular flexibility index (Phi) is 6.06. The number of carbonyl (C=O) groups is 1. The second kappa shape index (κ2) is 8.46. The van der Waals surface area contributed by atoms with E-state index in [4.69, 9.17) is 11.6 Å². The molecule has 0 spiro atoms. The maximum absolute atomic E-state index is 11.7. The van der Waals surface area contributed by atoms with Crippen molar-refractivity contribution in [1.29, 1.82) is 0 Å². The van der Waals surface area contributed by atoms with Crippen LogP contribution in [0.3, 0.4) is 0 Å². The minimum Gasteiger partial charge on any atom is -0.301 e. The molecular weight excluding hydrogens is 318 g/mol. The van der Waals surface area contributed by atoms with Gasteiger partial charge in [-0.05, 0) is 61.4 Å². The molecule has 1 unspecified atom stereocenters. The Morgan fingerprint density at radius 3 is 2.58 bits per heavy atom. The van der Waals surface area contributed by atoms with Gasteiger partial charge in [-0.1, -0.05) is 54.1 Å². The van der Waals surface area contributed by atoms with Crippen molar-refractivity contribution in [2.75, 3.05) is 13.1 Å². The van der Waals surface area contributed by atoms with Gasteiger partial charge in [-0.3, -0.25) is 4.90 Å². The summed E-state index contributed by atoms with van der Waals surface area (Å²) in [5, 5.41) is 0.711. The maximum atomic E-state index is 11.7. The molecule has 1 aliphatic rings. The van der Waals surface area contributed by atoms with Gasteiger partial charge in [-0.15, -0.1) is 0 Å². The Bertz CT molecular complexity index is 641. The number of aldehydes is 1. The van der Waals surface area contributed by atoms with Gasteiger partial charge in [0.1, 0.15) is 6.29 Å². The summed E-state index contributed by atoms with van der Waals surface area (Å²) < 4.78 is 0. The topological polar surface area (TPSA) is 20.3 Å². The lowest BCUT2D eigenvalue weighted by Gasteiger charge is -2.36. The van der Waals surface area contributed by atoms with E-state index in [0.717, 1.165) is 37.8 Å². The number of halogens is 1. The molecule has 3 heteroatoms. The van der Waals surface area contributed by atoms with Crippen LogP contribution in [-0.2, 0) is 11.2 Å². The number of hydrogen-bond donors (Lipinski definition) is 0. The van der Waals surface area contributed by atoms with Crippen LogP contribution in [-0.4, -0.2) is 24.3 Å². The third-order valence-electron chi connectivity index (χ3n) is 4.97. The SMILES string of the molecule is O=C[C@H](c1ccc(Cl)cc1)N1CCCC(CCc2ccccc2)C1. The lowest BCUT2D eigenvalue weighted by atomic mass is 9.90. The number of benzene rings is 2. The highest BCUT2D eigenvalue weighted by Crippen LogP contribution is 2.28. The zero-order valence-electron chi connectivity index (χ0n) is 13.9. The third kappa shape index (κ3) is 4.46. The van der Waals surface area contributed by atoms with Crippen molar-refractivity contribution in [2.24, 2.45) is 5.92 Å². The molecule has 126 valence electrons. The second-order valence-corrected chi connectivity index (χ2v) is 7.10. The van der Waals surface area contributed by atoms with Crippen molar-refractivity contribution in [3.8, 4) is 0 Å². The summed E-state index contributed by atoms with van der Waals surface area (Å²) >= 11 is 5.97. The molecule has 3 rings (SSSR count). The Morgan fingerprint density at radius 1 is 1.12 bits per heavy atom. The highest BCUT2D eigenvalue weighted by molar-refractivity contribution is 6.30. The van der Waals surface area contributed by atoms with Crippen LogP contribution in [0.25, 0.3) is 0 Å². The molecule has 2 aromatic rings. The van der Waals surface area contributed by atoms with Gasteiger partial charge in [0.2, 0.25) is 0 Å². The number of likely N-dealkylation sites (tertiary alicyclic amines) is 1. The summed E-state index contributed by atoms with van der Waals surface area (Å²) in [6, 6.07) is 18.2. The van der Waals surface area contributed by atoms with Crippen molar-refractivity contribution in [1.82, 2.24) is 4.90 Å². The first-order valence-electron chi connectivity index (χ1n) is 8.75. The molecule has 0 aromatic heterocycles. The van der Waals surface area contributed by atoms with Crippen molar-refractivity contribution in [3.63, 3.8) is 0 Å². The second-order valence-electron chi connectivity index (χ2n) is 6.66. The van der Waals surface area contributed by atoms with E-state index in [2.05, 4.69) is 35.2 Å². The first-order chi connectivity index (χ1) is 11.8. The Morgan fingerprint density at radius 2 is 1.88 bits per heavy atom. The van der Waals surface area contributed by atoms with Crippen LogP contribution in [0.2, 0.25) is 5.02 Å². The fourth-order valence-electron chi connectivity index (χ4n) is 3.64. The maximum Gasteiger partial charge on any atom is 0.141 e. The largest absolute Gasteiger partial charge is 0.301 e. The van der Waals surface area contributed by atoms with Gasteiger partial charge in [0.05, 0.1) is 6.04 Å². The van der Waals surface area contributed by atoms with Gasteiger partial charge in [0.15, 0.2) is 0 Å². The molecule has 0 N–H and O–H groups in total. The van der Waals surface area contributed by atoms with E-state index in [1.807, 2.05) is 24.3 Å². The number of nitrogens with zero attached hydrogens (tertiary/aromatic N) is 1. The normalized spacial score (nSPS) is 19.8. The summed E-state index contributed by atoms with van der Waals surface area (Å²) in [4.78, 5) is 14.0. The smallest absolute Gasteiger partial charge is 0.141 e. The first-order valence-corrected chi connectivity index (χ1v) is 9.13. The molecule has 0 radical (unpaired) electrons. The predicted molar refractivity (Wildman–Crippen MR) is 99.3 cm³/mol. The Hall–Kier alpha value is -1.64. The average molecular weight is 342 g/mol. The van der Waals surface area contributed by atoms with Crippen molar-refractivity contribution in [2.45, 2.75) is 31.7 Å². The van der Waals surface area contributed by atoms with Crippen LogP contribution < -0.4 is 0 Å². The van der Waals surface area contributed by atoms with E-state index >= 15 is 0 Å². The molecule has 2 aromatic carbocycles. The van der Waals surface area contributed by atoms with Crippen LogP contribution >= 0.6 is 11.6 Å². The van der Waals surface area contributed by atoms with Crippen LogP contribution in [0.1, 0.15) is 36.4 Å². The lowest BCUT2D eigenvalue weighted by molar-refractivity contribution is -0.113.